The van der Waals surface area contributed by atoms with Crippen LogP contribution in [0.15, 0.2) is 28.9 Å². The summed E-state index contributed by atoms with van der Waals surface area (Å²) in [5.41, 5.74) is 4.78. The van der Waals surface area contributed by atoms with Crippen LogP contribution in [0.1, 0.15) is 25.0 Å². The summed E-state index contributed by atoms with van der Waals surface area (Å²) >= 11 is 0. The van der Waals surface area contributed by atoms with Crippen molar-refractivity contribution in [3.63, 3.8) is 0 Å². The molecule has 92 valence electrons. The van der Waals surface area contributed by atoms with E-state index in [2.05, 4.69) is 0 Å². The third kappa shape index (κ3) is 2.02. The average molecular weight is 243 g/mol. The number of rotatable bonds is 1. The minimum absolute atomic E-state index is 0.159. The SMILES string of the molecule is CC(C)(N)c1coc2c(C(F)(F)F)cccc12. The van der Waals surface area contributed by atoms with E-state index in [0.717, 1.165) is 6.07 Å². The molecule has 1 aromatic heterocycles. The van der Waals surface area contributed by atoms with Gasteiger partial charge in [-0.25, -0.2) is 0 Å². The normalized spacial score (nSPS) is 13.3. The van der Waals surface area contributed by atoms with Gasteiger partial charge >= 0.3 is 6.18 Å². The first-order valence-corrected chi connectivity index (χ1v) is 5.08. The van der Waals surface area contributed by atoms with Crippen LogP contribution in [0.5, 0.6) is 0 Å². The molecule has 1 aromatic carbocycles. The Hall–Kier alpha value is -1.49. The van der Waals surface area contributed by atoms with E-state index in [1.165, 1.54) is 12.3 Å². The van der Waals surface area contributed by atoms with Crippen LogP contribution in [0.25, 0.3) is 11.0 Å². The topological polar surface area (TPSA) is 39.2 Å². The van der Waals surface area contributed by atoms with Crippen LogP contribution in [0, 0.1) is 0 Å². The first-order chi connectivity index (χ1) is 7.71. The average Bonchev–Trinajstić information content (AvgIpc) is 2.57. The highest BCUT2D eigenvalue weighted by Gasteiger charge is 2.35. The monoisotopic (exact) mass is 243 g/mol. The molecular weight excluding hydrogens is 231 g/mol. The fourth-order valence-corrected chi connectivity index (χ4v) is 1.78. The lowest BCUT2D eigenvalue weighted by molar-refractivity contribution is -0.136. The van der Waals surface area contributed by atoms with Gasteiger partial charge in [-0.15, -0.1) is 0 Å². The van der Waals surface area contributed by atoms with Crippen molar-refractivity contribution in [1.82, 2.24) is 0 Å². The molecule has 0 saturated heterocycles. The van der Waals surface area contributed by atoms with Gasteiger partial charge in [-0.2, -0.15) is 13.2 Å². The number of para-hydroxylation sites is 1. The predicted octanol–water partition coefficient (Wildman–Crippen LogP) is 3.65. The van der Waals surface area contributed by atoms with Gasteiger partial charge in [0, 0.05) is 16.5 Å². The fraction of sp³-hybridized carbons (Fsp3) is 0.333. The molecule has 2 N–H and O–H groups in total. The molecule has 0 bridgehead atoms. The van der Waals surface area contributed by atoms with Crippen molar-refractivity contribution in [2.75, 3.05) is 0 Å². The van der Waals surface area contributed by atoms with Crippen LogP contribution >= 0.6 is 0 Å². The molecule has 0 amide bonds. The lowest BCUT2D eigenvalue weighted by atomic mass is 9.94. The molecule has 0 aliphatic carbocycles. The first kappa shape index (κ1) is 12.0. The van der Waals surface area contributed by atoms with Gasteiger partial charge in [-0.05, 0) is 19.9 Å². The van der Waals surface area contributed by atoms with Crippen LogP contribution in [-0.4, -0.2) is 0 Å². The van der Waals surface area contributed by atoms with Crippen molar-refractivity contribution in [3.8, 4) is 0 Å². The van der Waals surface area contributed by atoms with Gasteiger partial charge in [0.15, 0.2) is 0 Å². The highest BCUT2D eigenvalue weighted by molar-refractivity contribution is 5.85. The highest BCUT2D eigenvalue weighted by Crippen LogP contribution is 2.38. The van der Waals surface area contributed by atoms with Crippen molar-refractivity contribution in [1.29, 1.82) is 0 Å². The molecule has 1 heterocycles. The number of nitrogens with two attached hydrogens (primary N) is 1. The summed E-state index contributed by atoms with van der Waals surface area (Å²) in [7, 11) is 0. The summed E-state index contributed by atoms with van der Waals surface area (Å²) < 4.78 is 43.2. The number of benzene rings is 1. The van der Waals surface area contributed by atoms with Crippen LogP contribution in [0.3, 0.4) is 0 Å². The molecule has 0 spiro atoms. The molecule has 2 nitrogen and oxygen atoms in total. The number of halogens is 3. The maximum atomic E-state index is 12.7. The second kappa shape index (κ2) is 3.50. The molecule has 0 saturated carbocycles. The van der Waals surface area contributed by atoms with Crippen LogP contribution in [0.4, 0.5) is 13.2 Å². The van der Waals surface area contributed by atoms with Crippen molar-refractivity contribution in [2.24, 2.45) is 5.73 Å². The van der Waals surface area contributed by atoms with Gasteiger partial charge in [-0.1, -0.05) is 12.1 Å². The van der Waals surface area contributed by atoms with Crippen molar-refractivity contribution < 1.29 is 17.6 Å². The Kier molecular flexibility index (Phi) is 2.47. The number of alkyl halides is 3. The second-order valence-electron chi connectivity index (χ2n) is 4.55. The minimum atomic E-state index is -4.42. The molecule has 17 heavy (non-hydrogen) atoms. The van der Waals surface area contributed by atoms with Gasteiger partial charge in [0.1, 0.15) is 5.58 Å². The van der Waals surface area contributed by atoms with Crippen LogP contribution < -0.4 is 5.73 Å². The third-order valence-corrected chi connectivity index (χ3v) is 2.60. The lowest BCUT2D eigenvalue weighted by Crippen LogP contribution is -2.28. The molecule has 0 radical (unpaired) electrons. The van der Waals surface area contributed by atoms with E-state index in [1.807, 2.05) is 0 Å². The fourth-order valence-electron chi connectivity index (χ4n) is 1.78. The molecule has 0 unspecified atom stereocenters. The quantitative estimate of drug-likeness (QED) is 0.830. The largest absolute Gasteiger partial charge is 0.463 e. The maximum Gasteiger partial charge on any atom is 0.420 e. The van der Waals surface area contributed by atoms with Crippen molar-refractivity contribution in [2.45, 2.75) is 25.6 Å². The Morgan fingerprint density at radius 1 is 1.12 bits per heavy atom. The van der Waals surface area contributed by atoms with E-state index >= 15 is 0 Å². The highest BCUT2D eigenvalue weighted by atomic mass is 19.4. The Morgan fingerprint density at radius 2 is 1.76 bits per heavy atom. The van der Waals surface area contributed by atoms with E-state index in [1.54, 1.807) is 19.9 Å². The van der Waals surface area contributed by atoms with E-state index < -0.39 is 17.3 Å². The van der Waals surface area contributed by atoms with Crippen LogP contribution in [-0.2, 0) is 11.7 Å². The maximum absolute atomic E-state index is 12.7. The van der Waals surface area contributed by atoms with E-state index in [0.29, 0.717) is 10.9 Å². The van der Waals surface area contributed by atoms with Gasteiger partial charge in [0.05, 0.1) is 11.8 Å². The molecule has 0 aliphatic heterocycles. The Balaban J connectivity index is 2.74. The van der Waals surface area contributed by atoms with Crippen molar-refractivity contribution >= 4 is 11.0 Å². The summed E-state index contributed by atoms with van der Waals surface area (Å²) in [6, 6.07) is 3.94. The second-order valence-corrected chi connectivity index (χ2v) is 4.55. The van der Waals surface area contributed by atoms with Gasteiger partial charge in [0.2, 0.25) is 0 Å². The molecule has 2 rings (SSSR count). The van der Waals surface area contributed by atoms with E-state index in [4.69, 9.17) is 10.2 Å². The molecule has 5 heteroatoms. The smallest absolute Gasteiger partial charge is 0.420 e. The molecule has 0 aliphatic rings. The number of hydrogen-bond acceptors (Lipinski definition) is 2. The van der Waals surface area contributed by atoms with E-state index in [9.17, 15) is 13.2 Å². The number of furan rings is 1. The molecule has 2 aromatic rings. The van der Waals surface area contributed by atoms with Crippen molar-refractivity contribution in [3.05, 3.63) is 35.6 Å². The number of hydrogen-bond donors (Lipinski definition) is 1. The summed E-state index contributed by atoms with van der Waals surface area (Å²) in [5.74, 6) is 0. The number of fused-ring (bicyclic) bond motifs is 1. The summed E-state index contributed by atoms with van der Waals surface area (Å²) in [5, 5.41) is 0.410. The summed E-state index contributed by atoms with van der Waals surface area (Å²) in [4.78, 5) is 0. The third-order valence-electron chi connectivity index (χ3n) is 2.60. The lowest BCUT2D eigenvalue weighted by Gasteiger charge is -2.16. The Labute approximate surface area is 96.2 Å². The predicted molar refractivity (Wildman–Crippen MR) is 58.4 cm³/mol. The van der Waals surface area contributed by atoms with Gasteiger partial charge in [-0.3, -0.25) is 0 Å². The van der Waals surface area contributed by atoms with Gasteiger partial charge in [0.25, 0.3) is 0 Å². The molecule has 0 atom stereocenters. The van der Waals surface area contributed by atoms with Gasteiger partial charge < -0.3 is 10.2 Å². The van der Waals surface area contributed by atoms with Crippen LogP contribution in [0.2, 0.25) is 0 Å². The van der Waals surface area contributed by atoms with E-state index in [-0.39, 0.29) is 5.58 Å². The first-order valence-electron chi connectivity index (χ1n) is 5.08. The standard InChI is InChI=1S/C12H12F3NO/c1-11(2,16)9-6-17-10-7(9)4-3-5-8(10)12(13,14)15/h3-6H,16H2,1-2H3. The Morgan fingerprint density at radius 3 is 2.29 bits per heavy atom. The zero-order valence-electron chi connectivity index (χ0n) is 9.43. The molecule has 0 fully saturated rings. The summed E-state index contributed by atoms with van der Waals surface area (Å²) in [6.07, 6.45) is -3.13. The molecular formula is C12H12F3NO. The zero-order chi connectivity index (χ0) is 12.8. The zero-order valence-corrected chi connectivity index (χ0v) is 9.43. The minimum Gasteiger partial charge on any atom is -0.463 e. The Bertz CT molecular complexity index is 549. The summed E-state index contributed by atoms with van der Waals surface area (Å²) in [6.45, 7) is 3.44.